The van der Waals surface area contributed by atoms with E-state index in [2.05, 4.69) is 5.32 Å². The van der Waals surface area contributed by atoms with Crippen molar-refractivity contribution in [1.82, 2.24) is 20.2 Å². The molecule has 4 amide bonds. The summed E-state index contributed by atoms with van der Waals surface area (Å²) in [6.45, 7) is 9.42. The molecular formula is C25H42N4O11S. The van der Waals surface area contributed by atoms with Gasteiger partial charge in [0.05, 0.1) is 31.3 Å². The molecule has 0 aromatic carbocycles. The van der Waals surface area contributed by atoms with E-state index < -0.39 is 52.6 Å². The highest BCUT2D eigenvalue weighted by Crippen LogP contribution is 2.31. The molecule has 3 aliphatic heterocycles. The van der Waals surface area contributed by atoms with Gasteiger partial charge in [-0.3, -0.25) is 9.59 Å². The summed E-state index contributed by atoms with van der Waals surface area (Å²) in [6.07, 6.45) is 1.23. The van der Waals surface area contributed by atoms with Crippen molar-refractivity contribution in [3.8, 4) is 0 Å². The van der Waals surface area contributed by atoms with E-state index in [4.69, 9.17) is 22.7 Å². The first-order valence-corrected chi connectivity index (χ1v) is 15.2. The third-order valence-corrected chi connectivity index (χ3v) is 7.76. The number of hydrogen-bond donors (Lipinski definition) is 1. The number of likely N-dealkylation sites (tertiary alicyclic amines) is 1. The van der Waals surface area contributed by atoms with Crippen LogP contribution in [0, 0.1) is 11.3 Å². The Hall–Kier alpha value is -2.69. The summed E-state index contributed by atoms with van der Waals surface area (Å²) >= 11 is 0. The number of amides is 4. The summed E-state index contributed by atoms with van der Waals surface area (Å²) in [5.41, 5.74) is -1.26. The van der Waals surface area contributed by atoms with E-state index in [-0.39, 0.29) is 31.9 Å². The molecule has 16 heteroatoms. The van der Waals surface area contributed by atoms with Crippen LogP contribution in [0.15, 0.2) is 0 Å². The number of hydrogen-bond acceptors (Lipinski definition) is 11. The van der Waals surface area contributed by atoms with Gasteiger partial charge in [-0.05, 0) is 52.4 Å². The number of piperidine rings is 2. The van der Waals surface area contributed by atoms with E-state index in [1.807, 2.05) is 13.8 Å². The zero-order valence-corrected chi connectivity index (χ0v) is 25.1. The van der Waals surface area contributed by atoms with Crippen molar-refractivity contribution < 1.29 is 50.3 Å². The molecule has 3 rings (SSSR count). The van der Waals surface area contributed by atoms with Crippen molar-refractivity contribution in [3.05, 3.63) is 0 Å². The van der Waals surface area contributed by atoms with Crippen LogP contribution in [0.3, 0.4) is 0 Å². The SMILES string of the molecule is CCOC(=O)C(C)(C)COS(=O)(=O)ON1C(=O)N2C[C@H]1CC[C@H]2C(=O)NC1CCN(C(=O)OCOCC(C)C)CC1. The van der Waals surface area contributed by atoms with Gasteiger partial charge >= 0.3 is 28.5 Å². The first-order chi connectivity index (χ1) is 19.2. The van der Waals surface area contributed by atoms with Crippen molar-refractivity contribution in [2.24, 2.45) is 11.3 Å². The van der Waals surface area contributed by atoms with Crippen LogP contribution >= 0.6 is 0 Å². The fourth-order valence-corrected chi connectivity index (χ4v) is 5.56. The Labute approximate surface area is 241 Å². The number of carbonyl (C=O) groups is 4. The second-order valence-electron chi connectivity index (χ2n) is 11.4. The minimum Gasteiger partial charge on any atom is -0.466 e. The van der Waals surface area contributed by atoms with Gasteiger partial charge in [-0.2, -0.15) is 13.5 Å². The molecule has 41 heavy (non-hydrogen) atoms. The summed E-state index contributed by atoms with van der Waals surface area (Å²) in [6, 6.07) is -2.33. The molecular weight excluding hydrogens is 564 g/mol. The van der Waals surface area contributed by atoms with Crippen LogP contribution in [-0.4, -0.2) is 112 Å². The highest BCUT2D eigenvalue weighted by molar-refractivity contribution is 7.81. The molecule has 234 valence electrons. The Bertz CT molecular complexity index is 1060. The fourth-order valence-electron chi connectivity index (χ4n) is 4.70. The van der Waals surface area contributed by atoms with Crippen LogP contribution < -0.4 is 5.32 Å². The van der Waals surface area contributed by atoms with E-state index in [0.29, 0.717) is 51.3 Å². The number of esters is 1. The van der Waals surface area contributed by atoms with Gasteiger partial charge in [0.25, 0.3) is 0 Å². The van der Waals surface area contributed by atoms with Crippen molar-refractivity contribution in [3.63, 3.8) is 0 Å². The molecule has 15 nitrogen and oxygen atoms in total. The predicted octanol–water partition coefficient (Wildman–Crippen LogP) is 1.38. The number of nitrogens with zero attached hydrogens (tertiary/aromatic N) is 3. The Kier molecular flexibility index (Phi) is 11.2. The zero-order valence-electron chi connectivity index (χ0n) is 24.3. The Morgan fingerprint density at radius 1 is 1.07 bits per heavy atom. The molecule has 3 aliphatic rings. The molecule has 3 heterocycles. The molecule has 0 aliphatic carbocycles. The third-order valence-electron chi connectivity index (χ3n) is 7.01. The fraction of sp³-hybridized carbons (Fsp3) is 0.840. The van der Waals surface area contributed by atoms with E-state index >= 15 is 0 Å². The van der Waals surface area contributed by atoms with Crippen molar-refractivity contribution in [1.29, 1.82) is 0 Å². The van der Waals surface area contributed by atoms with Crippen LogP contribution in [0.25, 0.3) is 0 Å². The average Bonchev–Trinajstić information content (AvgIpc) is 3.14. The first kappa shape index (κ1) is 32.8. The topological polar surface area (TPSA) is 170 Å². The predicted molar refractivity (Wildman–Crippen MR) is 142 cm³/mol. The molecule has 0 spiro atoms. The second kappa shape index (κ2) is 14.0. The normalized spacial score (nSPS) is 21.8. The monoisotopic (exact) mass is 606 g/mol. The highest BCUT2D eigenvalue weighted by atomic mass is 32.3. The molecule has 0 saturated carbocycles. The van der Waals surface area contributed by atoms with Crippen LogP contribution in [0.4, 0.5) is 9.59 Å². The summed E-state index contributed by atoms with van der Waals surface area (Å²) in [4.78, 5) is 53.2. The smallest absolute Gasteiger partial charge is 0.421 e. The number of carbonyl (C=O) groups excluding carboxylic acids is 4. The minimum atomic E-state index is -4.68. The van der Waals surface area contributed by atoms with E-state index in [1.54, 1.807) is 11.8 Å². The van der Waals surface area contributed by atoms with Gasteiger partial charge in [0, 0.05) is 25.7 Å². The van der Waals surface area contributed by atoms with Gasteiger partial charge < -0.3 is 29.3 Å². The minimum absolute atomic E-state index is 0.111. The molecule has 3 fully saturated rings. The molecule has 2 atom stereocenters. The van der Waals surface area contributed by atoms with E-state index in [1.165, 1.54) is 18.7 Å². The number of hydroxylamine groups is 2. The maximum atomic E-state index is 13.1. The van der Waals surface area contributed by atoms with Crippen LogP contribution in [0.1, 0.15) is 60.3 Å². The van der Waals surface area contributed by atoms with Gasteiger partial charge in [-0.15, -0.1) is 4.28 Å². The number of ether oxygens (including phenoxy) is 3. The lowest BCUT2D eigenvalue weighted by Crippen LogP contribution is -2.54. The molecule has 0 unspecified atom stereocenters. The maximum absolute atomic E-state index is 13.1. The molecule has 0 aromatic heterocycles. The standard InChI is InChI=1S/C25H42N4O11S/c1-6-37-22(31)25(4,5)15-39-41(34,35)40-29-19-7-8-20(28(13-19)23(29)32)21(30)26-18-9-11-27(12-10-18)24(33)38-16-36-14-17(2)3/h17-20H,6-16H2,1-5H3,(H,26,30)/t19-,20+/m1/s1. The van der Waals surface area contributed by atoms with E-state index in [0.717, 1.165) is 5.06 Å². The van der Waals surface area contributed by atoms with Gasteiger partial charge in [0.1, 0.15) is 6.04 Å². The zero-order chi connectivity index (χ0) is 30.4. The Morgan fingerprint density at radius 2 is 1.76 bits per heavy atom. The molecule has 1 N–H and O–H groups in total. The lowest BCUT2D eigenvalue weighted by atomic mass is 9.95. The number of urea groups is 1. The van der Waals surface area contributed by atoms with Crippen molar-refractivity contribution in [2.75, 3.05) is 46.2 Å². The summed E-state index contributed by atoms with van der Waals surface area (Å²) in [7, 11) is -4.68. The molecule has 2 bridgehead atoms. The summed E-state index contributed by atoms with van der Waals surface area (Å²) in [5, 5.41) is 3.67. The van der Waals surface area contributed by atoms with Gasteiger partial charge in [0.15, 0.2) is 6.79 Å². The maximum Gasteiger partial charge on any atom is 0.421 e. The number of nitrogens with one attached hydrogen (secondary N) is 1. The number of fused-ring (bicyclic) bond motifs is 2. The van der Waals surface area contributed by atoms with Crippen molar-refractivity contribution in [2.45, 2.75) is 78.4 Å². The Morgan fingerprint density at radius 3 is 2.39 bits per heavy atom. The van der Waals surface area contributed by atoms with Gasteiger partial charge in [-0.25, -0.2) is 13.8 Å². The van der Waals surface area contributed by atoms with E-state index in [9.17, 15) is 27.6 Å². The second-order valence-corrected chi connectivity index (χ2v) is 12.6. The summed E-state index contributed by atoms with van der Waals surface area (Å²) in [5.74, 6) is -0.657. The highest BCUT2D eigenvalue weighted by Gasteiger charge is 2.50. The largest absolute Gasteiger partial charge is 0.466 e. The number of rotatable bonds is 13. The van der Waals surface area contributed by atoms with Crippen LogP contribution in [0.5, 0.6) is 0 Å². The quantitative estimate of drug-likeness (QED) is 0.183. The summed E-state index contributed by atoms with van der Waals surface area (Å²) < 4.78 is 50.1. The lowest BCUT2D eigenvalue weighted by Gasteiger charge is -2.34. The lowest BCUT2D eigenvalue weighted by molar-refractivity contribution is -0.155. The molecule has 0 radical (unpaired) electrons. The molecule has 0 aromatic rings. The average molecular weight is 607 g/mol. The van der Waals surface area contributed by atoms with Gasteiger partial charge in [0.2, 0.25) is 5.91 Å². The van der Waals surface area contributed by atoms with Crippen LogP contribution in [0.2, 0.25) is 0 Å². The van der Waals surface area contributed by atoms with Crippen LogP contribution in [-0.2, 0) is 42.7 Å². The van der Waals surface area contributed by atoms with Crippen molar-refractivity contribution >= 4 is 34.4 Å². The third kappa shape index (κ3) is 8.90. The van der Waals surface area contributed by atoms with Gasteiger partial charge in [-0.1, -0.05) is 13.8 Å². The first-order valence-electron chi connectivity index (χ1n) is 13.9. The molecule has 3 saturated heterocycles. The Balaban J connectivity index is 1.46.